The largest absolute Gasteiger partial charge is 0.381 e. The van der Waals surface area contributed by atoms with Crippen LogP contribution in [0.25, 0.3) is 5.57 Å². The first-order valence-electron chi connectivity index (χ1n) is 9.53. The van der Waals surface area contributed by atoms with Gasteiger partial charge in [-0.25, -0.2) is 0 Å². The van der Waals surface area contributed by atoms with Crippen LogP contribution in [0.5, 0.6) is 0 Å². The Kier molecular flexibility index (Phi) is 5.99. The highest BCUT2D eigenvalue weighted by Gasteiger charge is 2.31. The minimum Gasteiger partial charge on any atom is -0.381 e. The maximum atomic E-state index is 11.6. The first kappa shape index (κ1) is 19.9. The molecular formula is C26H26OSi. The Bertz CT molecular complexity index is 992. The Morgan fingerprint density at radius 2 is 1.32 bits per heavy atom. The van der Waals surface area contributed by atoms with Crippen molar-refractivity contribution in [2.24, 2.45) is 0 Å². The Hall–Kier alpha value is -2.86. The van der Waals surface area contributed by atoms with Crippen LogP contribution in [0.3, 0.4) is 0 Å². The Balaban J connectivity index is 2.08. The lowest BCUT2D eigenvalue weighted by atomic mass is 9.85. The predicted molar refractivity (Wildman–Crippen MR) is 121 cm³/mol. The van der Waals surface area contributed by atoms with Crippen molar-refractivity contribution in [3.8, 4) is 11.5 Å². The molecule has 0 radical (unpaired) electrons. The first-order valence-corrected chi connectivity index (χ1v) is 12.6. The van der Waals surface area contributed by atoms with E-state index in [0.29, 0.717) is 0 Å². The molecule has 0 saturated heterocycles. The molecule has 1 atom stereocenters. The summed E-state index contributed by atoms with van der Waals surface area (Å²) in [5.41, 5.74) is 8.47. The van der Waals surface area contributed by atoms with Gasteiger partial charge in [-0.3, -0.25) is 0 Å². The lowest BCUT2D eigenvalue weighted by molar-refractivity contribution is 0.122. The second-order valence-corrected chi connectivity index (χ2v) is 11.7. The molecule has 0 spiro atoms. The molecule has 0 bridgehead atoms. The first-order chi connectivity index (χ1) is 13.4. The minimum absolute atomic E-state index is 0.880. The zero-order valence-corrected chi connectivity index (χ0v) is 17.7. The van der Waals surface area contributed by atoms with E-state index in [4.69, 9.17) is 0 Å². The molecule has 3 aromatic rings. The van der Waals surface area contributed by atoms with Crippen molar-refractivity contribution < 1.29 is 5.11 Å². The smallest absolute Gasteiger partial charge is 0.156 e. The van der Waals surface area contributed by atoms with Crippen LogP contribution < -0.4 is 0 Å². The van der Waals surface area contributed by atoms with Crippen LogP contribution in [-0.4, -0.2) is 13.2 Å². The molecule has 3 rings (SSSR count). The Morgan fingerprint density at radius 3 is 1.89 bits per heavy atom. The molecule has 3 aromatic carbocycles. The van der Waals surface area contributed by atoms with E-state index < -0.39 is 13.7 Å². The highest BCUT2D eigenvalue weighted by molar-refractivity contribution is 6.90. The zero-order chi connectivity index (χ0) is 20.0. The lowest BCUT2D eigenvalue weighted by Gasteiger charge is -2.29. The van der Waals surface area contributed by atoms with Crippen molar-refractivity contribution in [1.29, 1.82) is 0 Å². The van der Waals surface area contributed by atoms with Gasteiger partial charge in [0.1, 0.15) is 5.60 Å². The number of rotatable bonds is 4. The van der Waals surface area contributed by atoms with Crippen LogP contribution in [0, 0.1) is 11.5 Å². The summed E-state index contributed by atoms with van der Waals surface area (Å²) in [6.45, 7) is 6.30. The molecule has 0 saturated carbocycles. The van der Waals surface area contributed by atoms with Gasteiger partial charge in [0.15, 0.2) is 8.07 Å². The fourth-order valence-corrected chi connectivity index (χ4v) is 4.90. The number of hydrogen-bond donors (Lipinski definition) is 1. The van der Waals surface area contributed by atoms with Gasteiger partial charge < -0.3 is 5.11 Å². The standard InChI is InChI=1S/C26H26OSi/c1-26(27,24-17-11-6-12-18-24)25(23-15-9-5-10-16-23)21-28(2,3)20-19-22-13-7-4-8-14-22/h4-18,21,27H,1-3H3/b25-21+. The molecule has 0 heterocycles. The predicted octanol–water partition coefficient (Wildman–Crippen LogP) is 5.82. The third-order valence-electron chi connectivity index (χ3n) is 4.75. The summed E-state index contributed by atoms with van der Waals surface area (Å²) in [7, 11) is -2.06. The molecule has 0 aliphatic heterocycles. The summed E-state index contributed by atoms with van der Waals surface area (Å²) >= 11 is 0. The van der Waals surface area contributed by atoms with E-state index in [1.807, 2.05) is 85.8 Å². The molecule has 1 N–H and O–H groups in total. The maximum absolute atomic E-state index is 11.6. The summed E-state index contributed by atoms with van der Waals surface area (Å²) in [5.74, 6) is 3.32. The van der Waals surface area contributed by atoms with Crippen molar-refractivity contribution in [3.05, 3.63) is 113 Å². The molecule has 140 valence electrons. The third kappa shape index (κ3) is 4.89. The second kappa shape index (κ2) is 8.44. The average molecular weight is 383 g/mol. The number of aliphatic hydroxyl groups is 1. The molecule has 0 amide bonds. The SMILES string of the molecule is CC(O)(/C(=C/[Si](C)(C)C#Cc1ccccc1)c1ccccc1)c1ccccc1. The highest BCUT2D eigenvalue weighted by atomic mass is 28.3. The van der Waals surface area contributed by atoms with Gasteiger partial charge in [-0.1, -0.05) is 104 Å². The average Bonchev–Trinajstić information content (AvgIpc) is 2.73. The summed E-state index contributed by atoms with van der Waals surface area (Å²) in [5, 5.41) is 11.6. The van der Waals surface area contributed by atoms with E-state index in [0.717, 1.165) is 22.3 Å². The number of hydrogen-bond acceptors (Lipinski definition) is 1. The normalized spacial score (nSPS) is 13.9. The van der Waals surface area contributed by atoms with E-state index >= 15 is 0 Å². The molecule has 1 unspecified atom stereocenters. The monoisotopic (exact) mass is 382 g/mol. The van der Waals surface area contributed by atoms with Gasteiger partial charge in [0.05, 0.1) is 0 Å². The summed E-state index contributed by atoms with van der Waals surface area (Å²) in [6, 6.07) is 30.0. The molecule has 1 nitrogen and oxygen atoms in total. The molecule has 0 aromatic heterocycles. The van der Waals surface area contributed by atoms with Crippen molar-refractivity contribution in [2.75, 3.05) is 0 Å². The molecule has 2 heteroatoms. The van der Waals surface area contributed by atoms with Crippen LogP contribution in [0.15, 0.2) is 96.7 Å². The van der Waals surface area contributed by atoms with E-state index in [-0.39, 0.29) is 0 Å². The second-order valence-electron chi connectivity index (χ2n) is 7.70. The molecule has 0 aliphatic carbocycles. The fourth-order valence-electron chi connectivity index (χ4n) is 3.19. The van der Waals surface area contributed by atoms with E-state index in [1.54, 1.807) is 0 Å². The van der Waals surface area contributed by atoms with Crippen LogP contribution in [0.1, 0.15) is 23.6 Å². The van der Waals surface area contributed by atoms with Gasteiger partial charge in [0, 0.05) is 5.56 Å². The molecular weight excluding hydrogens is 356 g/mol. The number of benzene rings is 3. The third-order valence-corrected chi connectivity index (χ3v) is 6.53. The quantitative estimate of drug-likeness (QED) is 0.445. The van der Waals surface area contributed by atoms with Crippen molar-refractivity contribution in [1.82, 2.24) is 0 Å². The van der Waals surface area contributed by atoms with Gasteiger partial charge in [0.2, 0.25) is 0 Å². The van der Waals surface area contributed by atoms with Crippen LogP contribution in [0.4, 0.5) is 0 Å². The summed E-state index contributed by atoms with van der Waals surface area (Å²) in [6.07, 6.45) is 0. The van der Waals surface area contributed by atoms with Gasteiger partial charge in [-0.2, -0.15) is 0 Å². The van der Waals surface area contributed by atoms with Crippen LogP contribution >= 0.6 is 0 Å². The Labute approximate surface area is 169 Å². The zero-order valence-electron chi connectivity index (χ0n) is 16.7. The van der Waals surface area contributed by atoms with Gasteiger partial charge in [-0.15, -0.1) is 5.54 Å². The lowest BCUT2D eigenvalue weighted by Crippen LogP contribution is -2.28. The van der Waals surface area contributed by atoms with Gasteiger partial charge in [0.25, 0.3) is 0 Å². The van der Waals surface area contributed by atoms with Crippen molar-refractivity contribution in [2.45, 2.75) is 25.6 Å². The van der Waals surface area contributed by atoms with E-state index in [9.17, 15) is 5.11 Å². The summed E-state index contributed by atoms with van der Waals surface area (Å²) < 4.78 is 0. The van der Waals surface area contributed by atoms with Gasteiger partial charge >= 0.3 is 0 Å². The van der Waals surface area contributed by atoms with Gasteiger partial charge in [-0.05, 0) is 35.8 Å². The fraction of sp³-hybridized carbons (Fsp3) is 0.154. The van der Waals surface area contributed by atoms with E-state index in [1.165, 1.54) is 0 Å². The van der Waals surface area contributed by atoms with Crippen LogP contribution in [-0.2, 0) is 5.60 Å². The molecule has 0 aliphatic rings. The van der Waals surface area contributed by atoms with E-state index in [2.05, 4.69) is 42.4 Å². The topological polar surface area (TPSA) is 20.2 Å². The molecule has 0 fully saturated rings. The summed E-state index contributed by atoms with van der Waals surface area (Å²) in [4.78, 5) is 0. The van der Waals surface area contributed by atoms with Crippen molar-refractivity contribution >= 4 is 13.6 Å². The Morgan fingerprint density at radius 1 is 0.821 bits per heavy atom. The van der Waals surface area contributed by atoms with Crippen LogP contribution in [0.2, 0.25) is 13.1 Å². The van der Waals surface area contributed by atoms with Crippen molar-refractivity contribution in [3.63, 3.8) is 0 Å². The molecule has 28 heavy (non-hydrogen) atoms. The minimum atomic E-state index is -2.06. The maximum Gasteiger partial charge on any atom is 0.156 e. The highest BCUT2D eigenvalue weighted by Crippen LogP contribution is 2.37.